The summed E-state index contributed by atoms with van der Waals surface area (Å²) in [5.41, 5.74) is 0.113. The van der Waals surface area contributed by atoms with Crippen LogP contribution in [-0.2, 0) is 36.0 Å². The second-order valence-electron chi connectivity index (χ2n) is 9.13. The molecule has 2 aromatic rings. The molecule has 0 saturated carbocycles. The largest absolute Gasteiger partial charge is 0.512 e. The number of ether oxygens (including phenoxy) is 1. The van der Waals surface area contributed by atoms with Crippen LogP contribution >= 0.6 is 0 Å². The molecule has 1 aliphatic heterocycles. The number of methoxy groups -OCH3 is 1. The number of alkyl halides is 3. The third-order valence-electron chi connectivity index (χ3n) is 6.67. The number of fused-ring (bicyclic) bond motifs is 2. The molecule has 4 rings (SSSR count). The van der Waals surface area contributed by atoms with Crippen LogP contribution < -0.4 is 9.57 Å². The molecule has 0 unspecified atom stereocenters. The Labute approximate surface area is 198 Å². The lowest BCUT2D eigenvalue weighted by Crippen LogP contribution is -2.45. The molecule has 0 bridgehead atoms. The second-order valence-corrected chi connectivity index (χ2v) is 10.8. The Morgan fingerprint density at radius 2 is 1.94 bits per heavy atom. The third-order valence-corrected chi connectivity index (χ3v) is 7.78. The van der Waals surface area contributed by atoms with Crippen LogP contribution in [0.25, 0.3) is 0 Å². The summed E-state index contributed by atoms with van der Waals surface area (Å²) in [6, 6.07) is 12.1. The van der Waals surface area contributed by atoms with Gasteiger partial charge >= 0.3 is 15.5 Å². The lowest BCUT2D eigenvalue weighted by atomic mass is 9.82. The van der Waals surface area contributed by atoms with Crippen molar-refractivity contribution >= 4 is 10.0 Å². The minimum Gasteiger partial charge on any atom is -0.496 e. The molecular formula is C24H30F3N3O3S. The van der Waals surface area contributed by atoms with Gasteiger partial charge in [-0.1, -0.05) is 30.3 Å². The van der Waals surface area contributed by atoms with E-state index in [1.165, 1.54) is 11.1 Å². The summed E-state index contributed by atoms with van der Waals surface area (Å²) in [4.78, 5) is 3.95. The van der Waals surface area contributed by atoms with E-state index in [-0.39, 0.29) is 13.1 Å². The fourth-order valence-electron chi connectivity index (χ4n) is 4.97. The van der Waals surface area contributed by atoms with Gasteiger partial charge < -0.3 is 9.64 Å². The molecule has 2 aliphatic rings. The minimum atomic E-state index is -5.41. The molecule has 0 aromatic heterocycles. The fourth-order valence-corrected chi connectivity index (χ4v) is 5.54. The normalized spacial score (nSPS) is 18.7. The minimum absolute atomic E-state index is 0.106. The smallest absolute Gasteiger partial charge is 0.496 e. The first-order valence-electron chi connectivity index (χ1n) is 11.4. The highest BCUT2D eigenvalue weighted by Crippen LogP contribution is 2.37. The first kappa shape index (κ1) is 25.0. The number of hydrazine groups is 1. The van der Waals surface area contributed by atoms with Gasteiger partial charge in [0.25, 0.3) is 0 Å². The Hall–Kier alpha value is -2.14. The highest BCUT2D eigenvalue weighted by Gasteiger charge is 2.47. The molecule has 186 valence electrons. The number of hydrogen-bond acceptors (Lipinski definition) is 5. The summed E-state index contributed by atoms with van der Waals surface area (Å²) in [6.45, 7) is 2.00. The number of halogens is 3. The van der Waals surface area contributed by atoms with E-state index in [0.717, 1.165) is 66.2 Å². The van der Waals surface area contributed by atoms with Crippen molar-refractivity contribution in [2.75, 3.05) is 27.2 Å². The van der Waals surface area contributed by atoms with Crippen LogP contribution in [-0.4, -0.2) is 51.1 Å². The summed E-state index contributed by atoms with van der Waals surface area (Å²) in [6.07, 6.45) is 4.14. The number of benzene rings is 2. The lowest BCUT2D eigenvalue weighted by molar-refractivity contribution is -0.0472. The SMILES string of the molecule is COc1cccc2c1CCC[C@H]2CN(C)CCc1ccc2c(c1)CN(NS(=O)(=O)C(F)(F)F)C2. The first-order chi connectivity index (χ1) is 16.1. The highest BCUT2D eigenvalue weighted by molar-refractivity contribution is 7.90. The Kier molecular flexibility index (Phi) is 7.23. The zero-order valence-corrected chi connectivity index (χ0v) is 20.2. The number of hydrogen-bond donors (Lipinski definition) is 1. The van der Waals surface area contributed by atoms with E-state index >= 15 is 0 Å². The Bertz CT molecular complexity index is 1140. The molecule has 34 heavy (non-hydrogen) atoms. The van der Waals surface area contributed by atoms with E-state index in [4.69, 9.17) is 4.74 Å². The molecule has 0 fully saturated rings. The van der Waals surface area contributed by atoms with E-state index in [9.17, 15) is 21.6 Å². The summed E-state index contributed by atoms with van der Waals surface area (Å²) >= 11 is 0. The summed E-state index contributed by atoms with van der Waals surface area (Å²) in [5, 5.41) is 1.08. The van der Waals surface area contributed by atoms with Gasteiger partial charge in [-0.25, -0.2) is 13.4 Å². The van der Waals surface area contributed by atoms with E-state index in [1.54, 1.807) is 11.9 Å². The van der Waals surface area contributed by atoms with Crippen molar-refractivity contribution in [3.63, 3.8) is 0 Å². The van der Waals surface area contributed by atoms with Gasteiger partial charge in [0, 0.05) is 26.2 Å². The van der Waals surface area contributed by atoms with Crippen LogP contribution in [0.15, 0.2) is 36.4 Å². The van der Waals surface area contributed by atoms with Crippen molar-refractivity contribution in [2.45, 2.75) is 50.2 Å². The molecule has 0 spiro atoms. The molecule has 2 aromatic carbocycles. The molecule has 0 amide bonds. The van der Waals surface area contributed by atoms with Gasteiger partial charge in [0.05, 0.1) is 7.11 Å². The van der Waals surface area contributed by atoms with Gasteiger partial charge in [-0.15, -0.1) is 4.83 Å². The zero-order chi connectivity index (χ0) is 24.5. The Morgan fingerprint density at radius 3 is 2.68 bits per heavy atom. The van der Waals surface area contributed by atoms with E-state index in [2.05, 4.69) is 24.1 Å². The van der Waals surface area contributed by atoms with Crippen molar-refractivity contribution in [2.24, 2.45) is 0 Å². The molecule has 10 heteroatoms. The predicted octanol–water partition coefficient (Wildman–Crippen LogP) is 3.96. The second kappa shape index (κ2) is 9.85. The van der Waals surface area contributed by atoms with E-state index < -0.39 is 15.5 Å². The molecule has 1 heterocycles. The fraction of sp³-hybridized carbons (Fsp3) is 0.500. The van der Waals surface area contributed by atoms with Crippen LogP contribution in [0.1, 0.15) is 46.6 Å². The monoisotopic (exact) mass is 497 g/mol. The quantitative estimate of drug-likeness (QED) is 0.598. The van der Waals surface area contributed by atoms with E-state index in [1.807, 2.05) is 24.3 Å². The molecule has 1 aliphatic carbocycles. The first-order valence-corrected chi connectivity index (χ1v) is 12.8. The van der Waals surface area contributed by atoms with Crippen molar-refractivity contribution in [3.05, 3.63) is 64.2 Å². The maximum absolute atomic E-state index is 12.7. The van der Waals surface area contributed by atoms with Crippen molar-refractivity contribution in [1.82, 2.24) is 14.7 Å². The molecule has 1 atom stereocenters. The molecule has 0 radical (unpaired) electrons. The predicted molar refractivity (Wildman–Crippen MR) is 124 cm³/mol. The van der Waals surface area contributed by atoms with Crippen LogP contribution in [0.2, 0.25) is 0 Å². The average Bonchev–Trinajstić information content (AvgIpc) is 3.17. The maximum atomic E-state index is 12.7. The van der Waals surface area contributed by atoms with Crippen molar-refractivity contribution < 1.29 is 26.3 Å². The third kappa shape index (κ3) is 5.40. The zero-order valence-electron chi connectivity index (χ0n) is 19.4. The van der Waals surface area contributed by atoms with Gasteiger partial charge in [-0.05, 0) is 72.5 Å². The number of sulfonamides is 1. The molecule has 6 nitrogen and oxygen atoms in total. The topological polar surface area (TPSA) is 61.9 Å². The maximum Gasteiger partial charge on any atom is 0.512 e. The number of rotatable bonds is 8. The van der Waals surface area contributed by atoms with Crippen LogP contribution in [0.4, 0.5) is 13.2 Å². The Balaban J connectivity index is 1.33. The average molecular weight is 498 g/mol. The standard InChI is InChI=1S/C24H30F3N3O3S/c1-29(14-19-5-3-7-22-21(19)6-4-8-23(22)33-2)12-11-17-9-10-18-15-30(16-20(18)13-17)28-34(31,32)24(25,26)27/h4,6,8-10,13,19,28H,3,5,7,11-12,14-16H2,1-2H3/t19-/m0/s1. The van der Waals surface area contributed by atoms with Gasteiger partial charge in [-0.2, -0.15) is 13.2 Å². The van der Waals surface area contributed by atoms with Gasteiger partial charge in [-0.3, -0.25) is 0 Å². The van der Waals surface area contributed by atoms with Crippen molar-refractivity contribution in [1.29, 1.82) is 0 Å². The number of nitrogens with one attached hydrogen (secondary N) is 1. The molecule has 1 N–H and O–H groups in total. The van der Waals surface area contributed by atoms with E-state index in [0.29, 0.717) is 5.92 Å². The Morgan fingerprint density at radius 1 is 1.18 bits per heavy atom. The van der Waals surface area contributed by atoms with Crippen molar-refractivity contribution in [3.8, 4) is 5.75 Å². The summed E-state index contributed by atoms with van der Waals surface area (Å²) < 4.78 is 66.3. The lowest BCUT2D eigenvalue weighted by Gasteiger charge is -2.30. The molecular weight excluding hydrogens is 467 g/mol. The van der Waals surface area contributed by atoms with Gasteiger partial charge in [0.15, 0.2) is 0 Å². The summed E-state index contributed by atoms with van der Waals surface area (Å²) in [7, 11) is -1.59. The molecule has 0 saturated heterocycles. The van der Waals surface area contributed by atoms with Crippen LogP contribution in [0.3, 0.4) is 0 Å². The van der Waals surface area contributed by atoms with Gasteiger partial charge in [0.1, 0.15) is 5.75 Å². The number of likely N-dealkylation sites (N-methyl/N-ethyl adjacent to an activating group) is 1. The summed E-state index contributed by atoms with van der Waals surface area (Å²) in [5.74, 6) is 1.42. The number of nitrogens with zero attached hydrogens (tertiary/aromatic N) is 2. The van der Waals surface area contributed by atoms with Gasteiger partial charge in [0.2, 0.25) is 0 Å². The van der Waals surface area contributed by atoms with Crippen LogP contribution in [0, 0.1) is 0 Å². The highest BCUT2D eigenvalue weighted by atomic mass is 32.2. The van der Waals surface area contributed by atoms with Crippen LogP contribution in [0.5, 0.6) is 5.75 Å².